The van der Waals surface area contributed by atoms with Crippen LogP contribution in [0.4, 0.5) is 5.69 Å². The van der Waals surface area contributed by atoms with Crippen LogP contribution in [0, 0.1) is 11.8 Å². The van der Waals surface area contributed by atoms with E-state index in [1.165, 1.54) is 18.4 Å². The second-order valence-electron chi connectivity index (χ2n) is 7.61. The molecule has 1 fully saturated rings. The number of aromatic nitrogens is 1. The zero-order valence-electron chi connectivity index (χ0n) is 16.3. The van der Waals surface area contributed by atoms with Gasteiger partial charge in [-0.2, -0.15) is 0 Å². The second-order valence-corrected chi connectivity index (χ2v) is 7.61. The molecule has 1 amide bonds. The van der Waals surface area contributed by atoms with Gasteiger partial charge in [-0.1, -0.05) is 13.8 Å². The number of carbonyl (C=O) groups excluding carboxylic acids is 2. The number of hydrogen-bond acceptors (Lipinski definition) is 4. The van der Waals surface area contributed by atoms with Gasteiger partial charge >= 0.3 is 5.97 Å². The Morgan fingerprint density at radius 1 is 1.22 bits per heavy atom. The van der Waals surface area contributed by atoms with Crippen molar-refractivity contribution >= 4 is 28.5 Å². The van der Waals surface area contributed by atoms with E-state index in [0.717, 1.165) is 18.5 Å². The molecule has 7 heteroatoms. The van der Waals surface area contributed by atoms with Crippen molar-refractivity contribution in [2.24, 2.45) is 11.8 Å². The first-order valence-electron chi connectivity index (χ1n) is 9.32. The minimum atomic E-state index is -0.520. The van der Waals surface area contributed by atoms with Crippen molar-refractivity contribution in [2.75, 3.05) is 39.2 Å². The number of hydrogen-bond donors (Lipinski definition) is 3. The van der Waals surface area contributed by atoms with Crippen LogP contribution in [-0.4, -0.2) is 50.7 Å². The van der Waals surface area contributed by atoms with E-state index in [4.69, 9.17) is 9.47 Å². The number of aromatic amines is 1. The monoisotopic (exact) mass is 374 g/mol. The van der Waals surface area contributed by atoms with E-state index < -0.39 is 5.97 Å². The molecule has 0 bridgehead atoms. The van der Waals surface area contributed by atoms with Gasteiger partial charge in [0.15, 0.2) is 6.54 Å². The van der Waals surface area contributed by atoms with Gasteiger partial charge in [-0.25, -0.2) is 4.79 Å². The summed E-state index contributed by atoms with van der Waals surface area (Å²) in [5, 5.41) is 3.68. The summed E-state index contributed by atoms with van der Waals surface area (Å²) in [6, 6.07) is 5.41. The van der Waals surface area contributed by atoms with E-state index in [0.29, 0.717) is 35.3 Å². The van der Waals surface area contributed by atoms with Crippen molar-refractivity contribution in [3.63, 3.8) is 0 Å². The number of esters is 1. The summed E-state index contributed by atoms with van der Waals surface area (Å²) in [5.41, 5.74) is 1.41. The zero-order chi connectivity index (χ0) is 19.6. The Kier molecular flexibility index (Phi) is 5.70. The lowest BCUT2D eigenvalue weighted by Gasteiger charge is -2.31. The number of amides is 1. The minimum absolute atomic E-state index is 0.104. The van der Waals surface area contributed by atoms with Gasteiger partial charge in [-0.15, -0.1) is 0 Å². The Labute approximate surface area is 159 Å². The Morgan fingerprint density at radius 3 is 2.56 bits per heavy atom. The molecular weight excluding hydrogens is 346 g/mol. The van der Waals surface area contributed by atoms with Gasteiger partial charge in [0.1, 0.15) is 11.4 Å². The normalized spacial score (nSPS) is 22.4. The number of rotatable bonds is 5. The highest BCUT2D eigenvalue weighted by Gasteiger charge is 2.28. The minimum Gasteiger partial charge on any atom is -0.497 e. The molecule has 7 nitrogen and oxygen atoms in total. The topological polar surface area (TPSA) is 84.9 Å². The molecule has 146 valence electrons. The number of likely N-dealkylation sites (tertiary alicyclic amines) is 1. The number of fused-ring (bicyclic) bond motifs is 1. The molecule has 1 aliphatic rings. The van der Waals surface area contributed by atoms with Gasteiger partial charge in [-0.05, 0) is 18.6 Å². The molecule has 0 unspecified atom stereocenters. The van der Waals surface area contributed by atoms with Crippen LogP contribution in [0.15, 0.2) is 18.2 Å². The second kappa shape index (κ2) is 8.00. The fourth-order valence-electron chi connectivity index (χ4n) is 4.17. The highest BCUT2D eigenvalue weighted by molar-refractivity contribution is 6.11. The van der Waals surface area contributed by atoms with Crippen LogP contribution < -0.4 is 15.0 Å². The number of quaternary nitrogens is 1. The van der Waals surface area contributed by atoms with Crippen molar-refractivity contribution < 1.29 is 24.0 Å². The quantitative estimate of drug-likeness (QED) is 0.692. The standard InChI is InChI=1S/C20H27N3O4/c1-12-7-13(2)10-23(9-12)11-17(24)22-18-15-6-5-14(26-3)8-16(15)21-19(18)20(25)27-4/h5-6,8,12-13,21H,7,9-11H2,1-4H3,(H,22,24)/p+1/t12-,13-/m0/s1. The third-order valence-electron chi connectivity index (χ3n) is 5.15. The van der Waals surface area contributed by atoms with Crippen LogP contribution in [0.25, 0.3) is 10.9 Å². The van der Waals surface area contributed by atoms with Gasteiger partial charge in [0.25, 0.3) is 5.91 Å². The maximum absolute atomic E-state index is 12.7. The van der Waals surface area contributed by atoms with Crippen molar-refractivity contribution in [3.05, 3.63) is 23.9 Å². The van der Waals surface area contributed by atoms with Crippen molar-refractivity contribution in [2.45, 2.75) is 20.3 Å². The summed E-state index contributed by atoms with van der Waals surface area (Å²) < 4.78 is 10.1. The van der Waals surface area contributed by atoms with E-state index in [9.17, 15) is 9.59 Å². The van der Waals surface area contributed by atoms with E-state index in [1.807, 2.05) is 6.07 Å². The summed E-state index contributed by atoms with van der Waals surface area (Å²) in [5.74, 6) is 1.27. The largest absolute Gasteiger partial charge is 0.497 e. The molecule has 3 N–H and O–H groups in total. The number of ether oxygens (including phenoxy) is 2. The summed E-state index contributed by atoms with van der Waals surface area (Å²) >= 11 is 0. The average Bonchev–Trinajstić information content (AvgIpc) is 2.97. The average molecular weight is 374 g/mol. The summed E-state index contributed by atoms with van der Waals surface area (Å²) in [7, 11) is 2.90. The Morgan fingerprint density at radius 2 is 1.93 bits per heavy atom. The molecule has 3 rings (SSSR count). The van der Waals surface area contributed by atoms with Crippen molar-refractivity contribution in [1.29, 1.82) is 0 Å². The van der Waals surface area contributed by atoms with Crippen LogP contribution in [0.5, 0.6) is 5.75 Å². The zero-order valence-corrected chi connectivity index (χ0v) is 16.3. The molecule has 27 heavy (non-hydrogen) atoms. The Bertz CT molecular complexity index is 835. The molecule has 2 heterocycles. The lowest BCUT2D eigenvalue weighted by Crippen LogP contribution is -3.15. The smallest absolute Gasteiger partial charge is 0.356 e. The number of methoxy groups -OCH3 is 2. The fourth-order valence-corrected chi connectivity index (χ4v) is 4.17. The molecule has 0 aliphatic carbocycles. The van der Waals surface area contributed by atoms with E-state index in [2.05, 4.69) is 24.1 Å². The van der Waals surface area contributed by atoms with Crippen LogP contribution in [-0.2, 0) is 9.53 Å². The highest BCUT2D eigenvalue weighted by Crippen LogP contribution is 2.31. The van der Waals surface area contributed by atoms with Crippen LogP contribution in [0.3, 0.4) is 0 Å². The third kappa shape index (κ3) is 4.24. The molecule has 2 aromatic rings. The number of piperidine rings is 1. The Hall–Kier alpha value is -2.54. The molecule has 0 saturated carbocycles. The molecule has 1 saturated heterocycles. The lowest BCUT2D eigenvalue weighted by atomic mass is 9.92. The first kappa shape index (κ1) is 19.2. The van der Waals surface area contributed by atoms with Gasteiger partial charge in [0.2, 0.25) is 0 Å². The summed E-state index contributed by atoms with van der Waals surface area (Å²) in [6.45, 7) is 6.84. The van der Waals surface area contributed by atoms with E-state index in [1.54, 1.807) is 19.2 Å². The maximum atomic E-state index is 12.7. The molecule has 1 aromatic carbocycles. The maximum Gasteiger partial charge on any atom is 0.356 e. The van der Waals surface area contributed by atoms with E-state index >= 15 is 0 Å². The lowest BCUT2D eigenvalue weighted by molar-refractivity contribution is -0.904. The van der Waals surface area contributed by atoms with Crippen LogP contribution in [0.2, 0.25) is 0 Å². The molecular formula is C20H28N3O4+. The number of H-pyrrole nitrogens is 1. The fraction of sp³-hybridized carbons (Fsp3) is 0.500. The van der Waals surface area contributed by atoms with E-state index in [-0.39, 0.29) is 11.6 Å². The Balaban J connectivity index is 1.84. The summed E-state index contributed by atoms with van der Waals surface area (Å²) in [6.07, 6.45) is 1.21. The van der Waals surface area contributed by atoms with Crippen molar-refractivity contribution in [3.8, 4) is 5.75 Å². The molecule has 2 atom stereocenters. The van der Waals surface area contributed by atoms with Gasteiger partial charge < -0.3 is 24.7 Å². The predicted octanol–water partition coefficient (Wildman–Crippen LogP) is 1.46. The molecule has 1 aliphatic heterocycles. The van der Waals surface area contributed by atoms with Gasteiger partial charge in [0.05, 0.1) is 38.5 Å². The number of anilines is 1. The highest BCUT2D eigenvalue weighted by atomic mass is 16.5. The first-order valence-corrected chi connectivity index (χ1v) is 9.32. The molecule has 0 spiro atoms. The van der Waals surface area contributed by atoms with Crippen LogP contribution >= 0.6 is 0 Å². The predicted molar refractivity (Wildman–Crippen MR) is 103 cm³/mol. The number of benzene rings is 1. The number of nitrogens with one attached hydrogen (secondary N) is 3. The summed E-state index contributed by atoms with van der Waals surface area (Å²) in [4.78, 5) is 29.2. The van der Waals surface area contributed by atoms with Gasteiger partial charge in [-0.3, -0.25) is 4.79 Å². The first-order chi connectivity index (χ1) is 12.9. The van der Waals surface area contributed by atoms with Crippen LogP contribution in [0.1, 0.15) is 30.8 Å². The van der Waals surface area contributed by atoms with Crippen molar-refractivity contribution in [1.82, 2.24) is 4.98 Å². The third-order valence-corrected chi connectivity index (χ3v) is 5.15. The SMILES string of the molecule is COC(=O)c1[nH]c2cc(OC)ccc2c1NC(=O)C[NH+]1C[C@@H](C)C[C@H](C)C1. The molecule has 1 aromatic heterocycles. The molecule has 0 radical (unpaired) electrons. The number of carbonyl (C=O) groups is 2. The van der Waals surface area contributed by atoms with Gasteiger partial charge in [0, 0.05) is 23.3 Å².